The van der Waals surface area contributed by atoms with Crippen LogP contribution in [-0.2, 0) is 9.59 Å². The molecule has 0 unspecified atom stereocenters. The Bertz CT molecular complexity index is 172. The lowest BCUT2D eigenvalue weighted by Gasteiger charge is -1.95. The van der Waals surface area contributed by atoms with E-state index in [2.05, 4.69) is 6.58 Å². The van der Waals surface area contributed by atoms with Crippen molar-refractivity contribution < 1.29 is 9.59 Å². The molecule has 0 saturated heterocycles. The summed E-state index contributed by atoms with van der Waals surface area (Å²) in [5, 5.41) is 0. The highest BCUT2D eigenvalue weighted by molar-refractivity contribution is 6.18. The molecule has 0 aromatic rings. The second-order valence-electron chi connectivity index (χ2n) is 2.02. The van der Waals surface area contributed by atoms with E-state index in [1.165, 1.54) is 0 Å². The van der Waals surface area contributed by atoms with Gasteiger partial charge in [0.25, 0.3) is 5.91 Å². The minimum atomic E-state index is -0.724. The topological polar surface area (TPSA) is 60.2 Å². The predicted octanol–water partition coefficient (Wildman–Crippen LogP) is 0.397. The molecule has 0 heterocycles. The van der Waals surface area contributed by atoms with Crippen LogP contribution in [0.4, 0.5) is 0 Å². The Morgan fingerprint density at radius 1 is 1.50 bits per heavy atom. The number of nitrogens with two attached hydrogens (primary N) is 1. The quantitative estimate of drug-likeness (QED) is 0.350. The highest BCUT2D eigenvalue weighted by atomic mass is 16.2. The van der Waals surface area contributed by atoms with Gasteiger partial charge in [-0.05, 0) is 6.42 Å². The van der Waals surface area contributed by atoms with Crippen LogP contribution in [0.15, 0.2) is 12.2 Å². The number of hydrogen-bond donors (Lipinski definition) is 1. The van der Waals surface area contributed by atoms with Gasteiger partial charge in [0.05, 0.1) is 5.57 Å². The van der Waals surface area contributed by atoms with Crippen molar-refractivity contribution in [3.63, 3.8) is 0 Å². The number of Topliss-reactive ketones (excluding diaryl/α,β-unsaturated/α-hetero) is 1. The first-order valence-corrected chi connectivity index (χ1v) is 3.11. The summed E-state index contributed by atoms with van der Waals surface area (Å²) >= 11 is 0. The molecule has 1 amide bonds. The van der Waals surface area contributed by atoms with Gasteiger partial charge in [-0.3, -0.25) is 9.59 Å². The van der Waals surface area contributed by atoms with Gasteiger partial charge in [-0.1, -0.05) is 13.5 Å². The lowest BCUT2D eigenvalue weighted by Crippen LogP contribution is -2.19. The van der Waals surface area contributed by atoms with Gasteiger partial charge in [0.1, 0.15) is 0 Å². The van der Waals surface area contributed by atoms with Crippen LogP contribution in [0.25, 0.3) is 0 Å². The minimum absolute atomic E-state index is 0.0955. The Labute approximate surface area is 59.9 Å². The first kappa shape index (κ1) is 8.88. The zero-order valence-corrected chi connectivity index (χ0v) is 6.02. The third kappa shape index (κ3) is 2.44. The van der Waals surface area contributed by atoms with E-state index in [-0.39, 0.29) is 11.4 Å². The molecule has 2 N–H and O–H groups in total. The fourth-order valence-corrected chi connectivity index (χ4v) is 0.515. The fraction of sp³-hybridized carbons (Fsp3) is 0.429. The third-order valence-electron chi connectivity index (χ3n) is 1.11. The maximum Gasteiger partial charge on any atom is 0.251 e. The molecule has 0 aliphatic heterocycles. The molecule has 0 aromatic heterocycles. The van der Waals surface area contributed by atoms with Crippen LogP contribution >= 0.6 is 0 Å². The smallest absolute Gasteiger partial charge is 0.251 e. The van der Waals surface area contributed by atoms with Gasteiger partial charge >= 0.3 is 0 Å². The second-order valence-corrected chi connectivity index (χ2v) is 2.02. The van der Waals surface area contributed by atoms with Crippen LogP contribution < -0.4 is 5.73 Å². The molecule has 0 bridgehead atoms. The molecule has 0 spiro atoms. The molecule has 3 heteroatoms. The van der Waals surface area contributed by atoms with Crippen molar-refractivity contribution in [1.29, 1.82) is 0 Å². The van der Waals surface area contributed by atoms with E-state index in [0.717, 1.165) is 0 Å². The van der Waals surface area contributed by atoms with Gasteiger partial charge in [0, 0.05) is 6.42 Å². The lowest BCUT2D eigenvalue weighted by molar-refractivity contribution is -0.120. The van der Waals surface area contributed by atoms with E-state index in [1.54, 1.807) is 0 Å². The van der Waals surface area contributed by atoms with Crippen molar-refractivity contribution in [2.24, 2.45) is 5.73 Å². The zero-order valence-electron chi connectivity index (χ0n) is 6.02. The highest BCUT2D eigenvalue weighted by Gasteiger charge is 2.09. The Morgan fingerprint density at radius 2 is 2.00 bits per heavy atom. The van der Waals surface area contributed by atoms with E-state index in [4.69, 9.17) is 5.73 Å². The highest BCUT2D eigenvalue weighted by Crippen LogP contribution is 1.98. The van der Waals surface area contributed by atoms with Crippen LogP contribution in [-0.4, -0.2) is 11.7 Å². The van der Waals surface area contributed by atoms with Crippen LogP contribution in [0.1, 0.15) is 19.8 Å². The number of carbonyl (C=O) groups is 2. The average molecular weight is 141 g/mol. The van der Waals surface area contributed by atoms with Crippen LogP contribution in [0.3, 0.4) is 0 Å². The lowest BCUT2D eigenvalue weighted by atomic mass is 10.1. The molecule has 0 aromatic carbocycles. The van der Waals surface area contributed by atoms with Gasteiger partial charge in [0.15, 0.2) is 5.78 Å². The molecule has 3 nitrogen and oxygen atoms in total. The van der Waals surface area contributed by atoms with Crippen molar-refractivity contribution in [3.8, 4) is 0 Å². The average Bonchev–Trinajstić information content (AvgIpc) is 1.87. The summed E-state index contributed by atoms with van der Waals surface area (Å²) in [5.41, 5.74) is 4.71. The molecule has 0 fully saturated rings. The summed E-state index contributed by atoms with van der Waals surface area (Å²) in [7, 11) is 0. The van der Waals surface area contributed by atoms with Crippen molar-refractivity contribution in [3.05, 3.63) is 12.2 Å². The first-order chi connectivity index (χ1) is 4.59. The molecule has 0 aliphatic rings. The Balaban J connectivity index is 3.96. The number of ketones is 1. The summed E-state index contributed by atoms with van der Waals surface area (Å²) in [6.07, 6.45) is 1.06. The second kappa shape index (κ2) is 3.82. The monoisotopic (exact) mass is 141 g/mol. The molecule has 0 aliphatic carbocycles. The van der Waals surface area contributed by atoms with Gasteiger partial charge in [-0.25, -0.2) is 0 Å². The molecule has 56 valence electrons. The van der Waals surface area contributed by atoms with Crippen LogP contribution in [0, 0.1) is 0 Å². The molecule has 10 heavy (non-hydrogen) atoms. The molecule has 0 radical (unpaired) electrons. The maximum absolute atomic E-state index is 10.8. The normalized spacial score (nSPS) is 8.90. The number of rotatable bonds is 4. The van der Waals surface area contributed by atoms with Gasteiger partial charge in [0.2, 0.25) is 0 Å². The molecular formula is C7H11NO2. The van der Waals surface area contributed by atoms with Crippen molar-refractivity contribution >= 4 is 11.7 Å². The maximum atomic E-state index is 10.8. The number of carbonyl (C=O) groups excluding carboxylic acids is 2. The SMILES string of the molecule is C=C(C(N)=O)C(=O)CCC. The Hall–Kier alpha value is -1.12. The molecular weight excluding hydrogens is 130 g/mol. The number of hydrogen-bond acceptors (Lipinski definition) is 2. The standard InChI is InChI=1S/C7H11NO2/c1-3-4-6(9)5(2)7(8)10/h2-4H2,1H3,(H2,8,10). The summed E-state index contributed by atoms with van der Waals surface area (Å²) in [6.45, 7) is 5.10. The van der Waals surface area contributed by atoms with Gasteiger partial charge in [-0.15, -0.1) is 0 Å². The van der Waals surface area contributed by atoms with E-state index in [0.29, 0.717) is 12.8 Å². The summed E-state index contributed by atoms with van der Waals surface area (Å²) in [6, 6.07) is 0. The molecule has 0 rings (SSSR count). The first-order valence-electron chi connectivity index (χ1n) is 3.11. The Kier molecular flexibility index (Phi) is 3.39. The largest absolute Gasteiger partial charge is 0.366 e. The Morgan fingerprint density at radius 3 is 2.30 bits per heavy atom. The predicted molar refractivity (Wildman–Crippen MR) is 38.2 cm³/mol. The third-order valence-corrected chi connectivity index (χ3v) is 1.11. The fourth-order valence-electron chi connectivity index (χ4n) is 0.515. The van der Waals surface area contributed by atoms with E-state index < -0.39 is 5.91 Å². The number of primary amides is 1. The van der Waals surface area contributed by atoms with Gasteiger partial charge in [-0.2, -0.15) is 0 Å². The van der Waals surface area contributed by atoms with Crippen molar-refractivity contribution in [2.45, 2.75) is 19.8 Å². The van der Waals surface area contributed by atoms with Crippen molar-refractivity contribution in [1.82, 2.24) is 0 Å². The van der Waals surface area contributed by atoms with Crippen molar-refractivity contribution in [2.75, 3.05) is 0 Å². The minimum Gasteiger partial charge on any atom is -0.366 e. The summed E-state index contributed by atoms with van der Waals surface area (Å²) in [5.74, 6) is -0.978. The zero-order chi connectivity index (χ0) is 8.15. The van der Waals surface area contributed by atoms with Crippen LogP contribution in [0.5, 0.6) is 0 Å². The van der Waals surface area contributed by atoms with Gasteiger partial charge < -0.3 is 5.73 Å². The van der Waals surface area contributed by atoms with E-state index >= 15 is 0 Å². The van der Waals surface area contributed by atoms with Crippen LogP contribution in [0.2, 0.25) is 0 Å². The summed E-state index contributed by atoms with van der Waals surface area (Å²) in [4.78, 5) is 21.1. The molecule has 0 saturated carbocycles. The summed E-state index contributed by atoms with van der Waals surface area (Å²) < 4.78 is 0. The number of amides is 1. The molecule has 0 atom stereocenters. The van der Waals surface area contributed by atoms with E-state index in [9.17, 15) is 9.59 Å². The van der Waals surface area contributed by atoms with E-state index in [1.807, 2.05) is 6.92 Å².